The van der Waals surface area contributed by atoms with E-state index in [0.717, 1.165) is 27.4 Å². The van der Waals surface area contributed by atoms with Gasteiger partial charge in [-0.15, -0.1) is 0 Å². The van der Waals surface area contributed by atoms with E-state index in [1.165, 1.54) is 0 Å². The third-order valence-electron chi connectivity index (χ3n) is 6.20. The molecule has 2 aromatic heterocycles. The van der Waals surface area contributed by atoms with Gasteiger partial charge in [0.25, 0.3) is 0 Å². The maximum absolute atomic E-state index is 13.0. The summed E-state index contributed by atoms with van der Waals surface area (Å²) in [4.78, 5) is 55.5. The third kappa shape index (κ3) is 5.96. The van der Waals surface area contributed by atoms with E-state index in [2.05, 4.69) is 20.6 Å². The quantitative estimate of drug-likeness (QED) is 0.157. The number of nitrogens with one attached hydrogen (secondary N) is 4. The maximum Gasteiger partial charge on any atom is 0.326 e. The zero-order valence-electron chi connectivity index (χ0n) is 19.9. The number of benzene rings is 2. The number of aromatic amines is 2. The maximum atomic E-state index is 13.0. The Morgan fingerprint density at radius 1 is 0.784 bits per heavy atom. The number of rotatable bonds is 11. The number of fused-ring (bicyclic) bond motifs is 2. The van der Waals surface area contributed by atoms with Gasteiger partial charge in [-0.1, -0.05) is 36.4 Å². The lowest BCUT2D eigenvalue weighted by Crippen LogP contribution is -2.56. The number of H-pyrrole nitrogens is 2. The van der Waals surface area contributed by atoms with Crippen molar-refractivity contribution < 1.29 is 24.3 Å². The van der Waals surface area contributed by atoms with E-state index in [1.807, 2.05) is 48.5 Å². The van der Waals surface area contributed by atoms with E-state index in [0.29, 0.717) is 5.56 Å². The fraction of sp³-hybridized carbons (Fsp3) is 0.231. The van der Waals surface area contributed by atoms with Crippen LogP contribution in [-0.2, 0) is 32.0 Å². The van der Waals surface area contributed by atoms with E-state index < -0.39 is 48.2 Å². The second-order valence-corrected chi connectivity index (χ2v) is 8.86. The van der Waals surface area contributed by atoms with Crippen LogP contribution in [0.4, 0.5) is 0 Å². The normalized spacial score (nSPS) is 13.6. The molecule has 0 saturated heterocycles. The Kier molecular flexibility index (Phi) is 7.54. The minimum absolute atomic E-state index is 0.0115. The minimum Gasteiger partial charge on any atom is -0.480 e. The van der Waals surface area contributed by atoms with Crippen molar-refractivity contribution in [3.05, 3.63) is 72.1 Å². The highest BCUT2D eigenvalue weighted by molar-refractivity contribution is 5.95. The molecule has 0 saturated carbocycles. The number of hydrogen-bond donors (Lipinski definition) is 7. The van der Waals surface area contributed by atoms with Crippen molar-refractivity contribution >= 4 is 45.5 Å². The fourth-order valence-electron chi connectivity index (χ4n) is 4.31. The molecule has 9 N–H and O–H groups in total. The molecule has 0 aliphatic rings. The number of carbonyl (C=O) groups excluding carboxylic acids is 3. The van der Waals surface area contributed by atoms with Crippen molar-refractivity contribution in [2.75, 3.05) is 0 Å². The molecule has 3 unspecified atom stereocenters. The first kappa shape index (κ1) is 25.5. The first-order chi connectivity index (χ1) is 17.7. The molecule has 0 spiro atoms. The van der Waals surface area contributed by atoms with Gasteiger partial charge in [0.2, 0.25) is 17.7 Å². The van der Waals surface area contributed by atoms with Crippen LogP contribution in [0.25, 0.3) is 21.8 Å². The molecule has 0 aliphatic heterocycles. The van der Waals surface area contributed by atoms with Crippen LogP contribution >= 0.6 is 0 Å². The van der Waals surface area contributed by atoms with Crippen molar-refractivity contribution in [3.8, 4) is 0 Å². The second kappa shape index (κ2) is 11.0. The summed E-state index contributed by atoms with van der Waals surface area (Å²) in [6.45, 7) is 0. The number of primary amides is 1. The average molecular weight is 505 g/mol. The number of carboxylic acids is 1. The molecule has 0 bridgehead atoms. The van der Waals surface area contributed by atoms with E-state index in [4.69, 9.17) is 11.5 Å². The highest BCUT2D eigenvalue weighted by atomic mass is 16.4. The van der Waals surface area contributed by atoms with E-state index >= 15 is 0 Å². The molecule has 37 heavy (non-hydrogen) atoms. The van der Waals surface area contributed by atoms with Crippen molar-refractivity contribution in [2.45, 2.75) is 37.4 Å². The number of aromatic nitrogens is 2. The van der Waals surface area contributed by atoms with Gasteiger partial charge in [-0.2, -0.15) is 0 Å². The van der Waals surface area contributed by atoms with Crippen LogP contribution in [0.2, 0.25) is 0 Å². The average Bonchev–Trinajstić information content (AvgIpc) is 3.47. The number of carbonyl (C=O) groups is 4. The second-order valence-electron chi connectivity index (χ2n) is 8.86. The number of hydrogen-bond acceptors (Lipinski definition) is 5. The molecule has 11 heteroatoms. The molecular weight excluding hydrogens is 476 g/mol. The van der Waals surface area contributed by atoms with Crippen LogP contribution in [0, 0.1) is 0 Å². The molecule has 0 fully saturated rings. The summed E-state index contributed by atoms with van der Waals surface area (Å²) in [6, 6.07) is 11.2. The van der Waals surface area contributed by atoms with Crippen molar-refractivity contribution in [1.29, 1.82) is 0 Å². The zero-order chi connectivity index (χ0) is 26.5. The van der Waals surface area contributed by atoms with Gasteiger partial charge in [0, 0.05) is 40.6 Å². The summed E-state index contributed by atoms with van der Waals surface area (Å²) in [7, 11) is 0. The Morgan fingerprint density at radius 2 is 1.30 bits per heavy atom. The summed E-state index contributed by atoms with van der Waals surface area (Å²) in [5.74, 6) is -3.62. The van der Waals surface area contributed by atoms with E-state index in [1.54, 1.807) is 12.4 Å². The van der Waals surface area contributed by atoms with Gasteiger partial charge in [-0.25, -0.2) is 4.79 Å². The standard InChI is InChI=1S/C26H28N6O5/c27-18(9-14-12-29-19-7-3-1-5-16(14)19)24(34)31-21(11-23(28)33)25(35)32-22(26(36)37)10-15-13-30-20-8-4-2-6-17(15)20/h1-8,12-13,18,21-22,29-30H,9-11,27H2,(H2,28,33)(H,31,34)(H,32,35)(H,36,37). The number of aliphatic carboxylic acids is 1. The van der Waals surface area contributed by atoms with Crippen LogP contribution < -0.4 is 22.1 Å². The van der Waals surface area contributed by atoms with Gasteiger partial charge in [0.05, 0.1) is 12.5 Å². The topological polar surface area (TPSA) is 196 Å². The Morgan fingerprint density at radius 3 is 1.84 bits per heavy atom. The predicted molar refractivity (Wildman–Crippen MR) is 137 cm³/mol. The Labute approximate surface area is 211 Å². The molecule has 192 valence electrons. The monoisotopic (exact) mass is 504 g/mol. The predicted octanol–water partition coefficient (Wildman–Crippen LogP) is 0.691. The van der Waals surface area contributed by atoms with Gasteiger partial charge in [0.1, 0.15) is 12.1 Å². The lowest BCUT2D eigenvalue weighted by Gasteiger charge is -2.22. The van der Waals surface area contributed by atoms with Crippen LogP contribution in [0.15, 0.2) is 60.9 Å². The summed E-state index contributed by atoms with van der Waals surface area (Å²) in [6.07, 6.45) is 3.09. The van der Waals surface area contributed by atoms with Crippen LogP contribution in [-0.4, -0.2) is 56.9 Å². The van der Waals surface area contributed by atoms with Gasteiger partial charge < -0.3 is 37.2 Å². The SMILES string of the molecule is NC(=O)CC(NC(=O)C(N)Cc1c[nH]c2ccccc12)C(=O)NC(Cc1c[nH]c2ccccc12)C(=O)O. The fourth-order valence-corrected chi connectivity index (χ4v) is 4.31. The van der Waals surface area contributed by atoms with Gasteiger partial charge >= 0.3 is 5.97 Å². The van der Waals surface area contributed by atoms with Crippen molar-refractivity contribution in [1.82, 2.24) is 20.6 Å². The highest BCUT2D eigenvalue weighted by Gasteiger charge is 2.30. The molecule has 4 rings (SSSR count). The summed E-state index contributed by atoms with van der Waals surface area (Å²) in [5, 5.41) is 16.3. The van der Waals surface area contributed by atoms with Crippen molar-refractivity contribution in [2.24, 2.45) is 11.5 Å². The molecule has 3 amide bonds. The first-order valence-corrected chi connectivity index (χ1v) is 11.7. The highest BCUT2D eigenvalue weighted by Crippen LogP contribution is 2.20. The number of para-hydroxylation sites is 2. The first-order valence-electron chi connectivity index (χ1n) is 11.7. The number of amides is 3. The van der Waals surface area contributed by atoms with Gasteiger partial charge in [-0.05, 0) is 29.7 Å². The Hall–Kier alpha value is -4.64. The number of carboxylic acid groups (broad SMARTS) is 1. The van der Waals surface area contributed by atoms with Crippen LogP contribution in [0.1, 0.15) is 17.5 Å². The van der Waals surface area contributed by atoms with Gasteiger partial charge in [0.15, 0.2) is 0 Å². The van der Waals surface area contributed by atoms with E-state index in [-0.39, 0.29) is 12.8 Å². The lowest BCUT2D eigenvalue weighted by atomic mass is 10.0. The largest absolute Gasteiger partial charge is 0.480 e. The molecule has 11 nitrogen and oxygen atoms in total. The molecule has 3 atom stereocenters. The summed E-state index contributed by atoms with van der Waals surface area (Å²) >= 11 is 0. The molecule has 0 radical (unpaired) electrons. The van der Waals surface area contributed by atoms with Gasteiger partial charge in [-0.3, -0.25) is 14.4 Å². The summed E-state index contributed by atoms with van der Waals surface area (Å²) in [5.41, 5.74) is 14.6. The Bertz CT molecular complexity index is 1460. The minimum atomic E-state index is -1.39. The Balaban J connectivity index is 1.44. The van der Waals surface area contributed by atoms with Crippen molar-refractivity contribution in [3.63, 3.8) is 0 Å². The van der Waals surface area contributed by atoms with E-state index in [9.17, 15) is 24.3 Å². The summed E-state index contributed by atoms with van der Waals surface area (Å²) < 4.78 is 0. The molecular formula is C26H28N6O5. The molecule has 2 heterocycles. The molecule has 2 aromatic carbocycles. The smallest absolute Gasteiger partial charge is 0.326 e. The molecule has 0 aliphatic carbocycles. The zero-order valence-corrected chi connectivity index (χ0v) is 19.9. The third-order valence-corrected chi connectivity index (χ3v) is 6.20. The van der Waals surface area contributed by atoms with Crippen LogP contribution in [0.5, 0.6) is 0 Å². The number of nitrogens with two attached hydrogens (primary N) is 2. The lowest BCUT2D eigenvalue weighted by molar-refractivity contribution is -0.142. The molecule has 4 aromatic rings. The van der Waals surface area contributed by atoms with Crippen LogP contribution in [0.3, 0.4) is 0 Å².